The summed E-state index contributed by atoms with van der Waals surface area (Å²) >= 11 is 0. The summed E-state index contributed by atoms with van der Waals surface area (Å²) in [7, 11) is -0.514. The van der Waals surface area contributed by atoms with E-state index in [0.29, 0.717) is 11.6 Å². The Bertz CT molecular complexity index is 638. The molecule has 2 atom stereocenters. The first kappa shape index (κ1) is 15.0. The van der Waals surface area contributed by atoms with Crippen LogP contribution in [-0.4, -0.2) is 32.7 Å². The average molecular weight is 296 g/mol. The van der Waals surface area contributed by atoms with Crippen LogP contribution in [0.3, 0.4) is 0 Å². The number of benzene rings is 1. The second-order valence-corrected chi connectivity index (χ2v) is 7.72. The number of carbonyl (C=O) groups excluding carboxylic acids is 1. The number of hydrogen-bond acceptors (Lipinski definition) is 3. The molecular formula is C14H20N2O3S. The van der Waals surface area contributed by atoms with Gasteiger partial charge in [-0.05, 0) is 37.0 Å². The van der Waals surface area contributed by atoms with Crippen LogP contribution < -0.4 is 5.32 Å². The molecule has 0 unspecified atom stereocenters. The molecule has 110 valence electrons. The Morgan fingerprint density at radius 3 is 2.45 bits per heavy atom. The summed E-state index contributed by atoms with van der Waals surface area (Å²) in [6, 6.07) is 4.79. The molecule has 20 heavy (non-hydrogen) atoms. The molecule has 1 fully saturated rings. The van der Waals surface area contributed by atoms with Gasteiger partial charge in [0, 0.05) is 25.7 Å². The molecule has 1 aliphatic carbocycles. The van der Waals surface area contributed by atoms with E-state index in [9.17, 15) is 13.2 Å². The van der Waals surface area contributed by atoms with Crippen LogP contribution in [0.15, 0.2) is 23.1 Å². The lowest BCUT2D eigenvalue weighted by Gasteiger charge is -2.14. The summed E-state index contributed by atoms with van der Waals surface area (Å²) in [5, 5.41) is 2.83. The number of amides is 1. The lowest BCUT2D eigenvalue weighted by atomic mass is 10.2. The molecule has 0 radical (unpaired) electrons. The second kappa shape index (κ2) is 5.18. The maximum absolute atomic E-state index is 12.1. The van der Waals surface area contributed by atoms with Crippen molar-refractivity contribution in [2.45, 2.75) is 25.2 Å². The smallest absolute Gasteiger partial charge is 0.242 e. The van der Waals surface area contributed by atoms with E-state index in [4.69, 9.17) is 0 Å². The highest BCUT2D eigenvalue weighted by Gasteiger charge is 2.39. The number of aryl methyl sites for hydroxylation is 1. The van der Waals surface area contributed by atoms with Crippen LogP contribution in [0.1, 0.15) is 18.9 Å². The molecular weight excluding hydrogens is 276 g/mol. The molecule has 0 saturated heterocycles. The fourth-order valence-electron chi connectivity index (χ4n) is 2.02. The van der Waals surface area contributed by atoms with Gasteiger partial charge in [-0.2, -0.15) is 0 Å². The summed E-state index contributed by atoms with van der Waals surface area (Å²) in [4.78, 5) is 12.1. The molecule has 1 amide bonds. The van der Waals surface area contributed by atoms with Gasteiger partial charge < -0.3 is 5.32 Å². The van der Waals surface area contributed by atoms with Crippen molar-refractivity contribution in [2.24, 2.45) is 11.8 Å². The maximum atomic E-state index is 12.1. The Hall–Kier alpha value is -1.40. The van der Waals surface area contributed by atoms with E-state index >= 15 is 0 Å². The maximum Gasteiger partial charge on any atom is 0.242 e. The van der Waals surface area contributed by atoms with Crippen molar-refractivity contribution in [2.75, 3.05) is 19.4 Å². The predicted molar refractivity (Wildman–Crippen MR) is 78.0 cm³/mol. The Kier molecular flexibility index (Phi) is 3.88. The average Bonchev–Trinajstić information content (AvgIpc) is 3.09. The third-order valence-electron chi connectivity index (χ3n) is 3.69. The van der Waals surface area contributed by atoms with Gasteiger partial charge >= 0.3 is 0 Å². The number of hydrogen-bond donors (Lipinski definition) is 1. The van der Waals surface area contributed by atoms with Crippen LogP contribution in [0.2, 0.25) is 0 Å². The third-order valence-corrected chi connectivity index (χ3v) is 5.50. The topological polar surface area (TPSA) is 66.5 Å². The van der Waals surface area contributed by atoms with E-state index in [2.05, 4.69) is 5.32 Å². The number of sulfonamides is 1. The molecule has 1 saturated carbocycles. The number of anilines is 1. The van der Waals surface area contributed by atoms with Crippen LogP contribution >= 0.6 is 0 Å². The summed E-state index contributed by atoms with van der Waals surface area (Å²) in [5.74, 6) is 0.451. The quantitative estimate of drug-likeness (QED) is 0.922. The molecule has 1 aromatic rings. The zero-order valence-corrected chi connectivity index (χ0v) is 13.0. The highest BCUT2D eigenvalue weighted by Crippen LogP contribution is 2.38. The molecule has 2 rings (SSSR count). The first-order chi connectivity index (χ1) is 9.23. The van der Waals surface area contributed by atoms with E-state index in [-0.39, 0.29) is 16.7 Å². The highest BCUT2D eigenvalue weighted by molar-refractivity contribution is 7.89. The van der Waals surface area contributed by atoms with E-state index in [1.54, 1.807) is 12.1 Å². The van der Waals surface area contributed by atoms with Gasteiger partial charge in [-0.25, -0.2) is 12.7 Å². The lowest BCUT2D eigenvalue weighted by molar-refractivity contribution is -0.117. The van der Waals surface area contributed by atoms with Gasteiger partial charge in [-0.1, -0.05) is 13.0 Å². The SMILES string of the molecule is Cc1ccc(S(=O)(=O)N(C)C)cc1NC(=O)[C@H]1C[C@H]1C. The summed E-state index contributed by atoms with van der Waals surface area (Å²) in [6.07, 6.45) is 0.903. The van der Waals surface area contributed by atoms with Crippen LogP contribution in [-0.2, 0) is 14.8 Å². The van der Waals surface area contributed by atoms with Gasteiger partial charge in [-0.15, -0.1) is 0 Å². The lowest BCUT2D eigenvalue weighted by Crippen LogP contribution is -2.22. The Balaban J connectivity index is 2.28. The zero-order valence-electron chi connectivity index (χ0n) is 12.2. The molecule has 5 nitrogen and oxygen atoms in total. The molecule has 0 bridgehead atoms. The molecule has 6 heteroatoms. The van der Waals surface area contributed by atoms with Gasteiger partial charge in [0.1, 0.15) is 0 Å². The standard InChI is InChI=1S/C14H20N2O3S/c1-9-5-6-11(20(18,19)16(3)4)8-13(9)15-14(17)12-7-10(12)2/h5-6,8,10,12H,7H2,1-4H3,(H,15,17)/t10-,12+/m1/s1. The number of carbonyl (C=O) groups is 1. The fourth-order valence-corrected chi connectivity index (χ4v) is 2.95. The van der Waals surface area contributed by atoms with Gasteiger partial charge in [0.25, 0.3) is 0 Å². The molecule has 1 aromatic carbocycles. The third kappa shape index (κ3) is 2.86. The summed E-state index contributed by atoms with van der Waals surface area (Å²) in [5.41, 5.74) is 1.42. The van der Waals surface area contributed by atoms with Gasteiger partial charge in [-0.3, -0.25) is 4.79 Å². The largest absolute Gasteiger partial charge is 0.326 e. The van der Waals surface area contributed by atoms with E-state index in [1.807, 2.05) is 13.8 Å². The van der Waals surface area contributed by atoms with Crippen molar-refractivity contribution in [1.82, 2.24) is 4.31 Å². The summed E-state index contributed by atoms with van der Waals surface area (Å²) in [6.45, 7) is 3.88. The van der Waals surface area contributed by atoms with Crippen LogP contribution in [0.5, 0.6) is 0 Å². The second-order valence-electron chi connectivity index (χ2n) is 5.57. The first-order valence-corrected chi connectivity index (χ1v) is 8.01. The molecule has 1 N–H and O–H groups in total. The number of nitrogens with zero attached hydrogens (tertiary/aromatic N) is 1. The molecule has 0 aromatic heterocycles. The van der Waals surface area contributed by atoms with Crippen LogP contribution in [0.25, 0.3) is 0 Å². The van der Waals surface area contributed by atoms with E-state index in [1.165, 1.54) is 20.2 Å². The zero-order chi connectivity index (χ0) is 15.1. The minimum atomic E-state index is -3.49. The highest BCUT2D eigenvalue weighted by atomic mass is 32.2. The van der Waals surface area contributed by atoms with E-state index in [0.717, 1.165) is 16.3 Å². The molecule has 0 heterocycles. The van der Waals surface area contributed by atoms with Crippen LogP contribution in [0.4, 0.5) is 5.69 Å². The Labute approximate surface area is 120 Å². The minimum absolute atomic E-state index is 0.0278. The van der Waals surface area contributed by atoms with E-state index < -0.39 is 10.0 Å². The fraction of sp³-hybridized carbons (Fsp3) is 0.500. The monoisotopic (exact) mass is 296 g/mol. The van der Waals surface area contributed by atoms with Crippen molar-refractivity contribution in [3.05, 3.63) is 23.8 Å². The Morgan fingerprint density at radius 2 is 1.95 bits per heavy atom. The molecule has 0 aliphatic heterocycles. The van der Waals surface area contributed by atoms with Gasteiger partial charge in [0.05, 0.1) is 4.90 Å². The first-order valence-electron chi connectivity index (χ1n) is 6.57. The van der Waals surface area contributed by atoms with Crippen molar-refractivity contribution >= 4 is 21.6 Å². The molecule has 0 spiro atoms. The summed E-state index contributed by atoms with van der Waals surface area (Å²) < 4.78 is 25.3. The van der Waals surface area contributed by atoms with Crippen LogP contribution in [0, 0.1) is 18.8 Å². The number of rotatable bonds is 4. The molecule has 1 aliphatic rings. The van der Waals surface area contributed by atoms with Crippen molar-refractivity contribution < 1.29 is 13.2 Å². The van der Waals surface area contributed by atoms with Crippen molar-refractivity contribution in [3.63, 3.8) is 0 Å². The van der Waals surface area contributed by atoms with Gasteiger partial charge in [0.15, 0.2) is 0 Å². The predicted octanol–water partition coefficient (Wildman–Crippen LogP) is 1.84. The minimum Gasteiger partial charge on any atom is -0.326 e. The normalized spacial score (nSPS) is 21.9. The van der Waals surface area contributed by atoms with Crippen molar-refractivity contribution in [1.29, 1.82) is 0 Å². The Morgan fingerprint density at radius 1 is 1.35 bits per heavy atom. The van der Waals surface area contributed by atoms with Crippen molar-refractivity contribution in [3.8, 4) is 0 Å². The number of nitrogens with one attached hydrogen (secondary N) is 1. The van der Waals surface area contributed by atoms with Gasteiger partial charge in [0.2, 0.25) is 15.9 Å².